The van der Waals surface area contributed by atoms with E-state index in [9.17, 15) is 19.1 Å². The first-order valence-electron chi connectivity index (χ1n) is 8.25. The van der Waals surface area contributed by atoms with Crippen LogP contribution < -0.4 is 5.56 Å². The number of carbonyl (C=O) groups excluding carboxylic acids is 1. The molecular formula is C18H20FN3O3. The van der Waals surface area contributed by atoms with Crippen molar-refractivity contribution in [2.24, 2.45) is 5.92 Å². The molecule has 3 rings (SSSR count). The van der Waals surface area contributed by atoms with Gasteiger partial charge in [0, 0.05) is 25.6 Å². The zero-order valence-corrected chi connectivity index (χ0v) is 13.9. The van der Waals surface area contributed by atoms with E-state index in [4.69, 9.17) is 0 Å². The minimum absolute atomic E-state index is 0.0666. The monoisotopic (exact) mass is 345 g/mol. The molecule has 0 spiro atoms. The standard InChI is InChI=1S/C18H20FN3O3/c1-21(11-12-3-2-4-16(12)23)18(25)15-9-10-17(24)22(20-15)14-7-5-13(19)6-8-14/h5-10,12,16,23H,2-4,11H2,1H3. The fourth-order valence-corrected chi connectivity index (χ4v) is 3.15. The molecule has 2 aromatic rings. The molecule has 6 nitrogen and oxygen atoms in total. The summed E-state index contributed by atoms with van der Waals surface area (Å²) in [6, 6.07) is 7.96. The van der Waals surface area contributed by atoms with Gasteiger partial charge in [0.1, 0.15) is 11.5 Å². The van der Waals surface area contributed by atoms with Crippen molar-refractivity contribution in [3.05, 3.63) is 58.3 Å². The zero-order valence-electron chi connectivity index (χ0n) is 13.9. The van der Waals surface area contributed by atoms with Gasteiger partial charge in [-0.1, -0.05) is 6.42 Å². The van der Waals surface area contributed by atoms with Crippen LogP contribution in [0.4, 0.5) is 4.39 Å². The van der Waals surface area contributed by atoms with E-state index in [0.29, 0.717) is 12.2 Å². The molecule has 132 valence electrons. The fraction of sp³-hybridized carbons (Fsp3) is 0.389. The van der Waals surface area contributed by atoms with Gasteiger partial charge in [0.25, 0.3) is 11.5 Å². The van der Waals surface area contributed by atoms with Crippen LogP contribution in [0, 0.1) is 11.7 Å². The number of carbonyl (C=O) groups is 1. The number of hydrogen-bond donors (Lipinski definition) is 1. The van der Waals surface area contributed by atoms with E-state index < -0.39 is 11.4 Å². The van der Waals surface area contributed by atoms with E-state index in [1.807, 2.05) is 0 Å². The molecule has 1 amide bonds. The number of hydrogen-bond acceptors (Lipinski definition) is 4. The summed E-state index contributed by atoms with van der Waals surface area (Å²) in [6.45, 7) is 0.442. The van der Waals surface area contributed by atoms with Crippen LogP contribution in [0.2, 0.25) is 0 Å². The van der Waals surface area contributed by atoms with Crippen LogP contribution in [-0.2, 0) is 0 Å². The average Bonchev–Trinajstić information content (AvgIpc) is 3.00. The third kappa shape index (κ3) is 3.76. The number of halogens is 1. The van der Waals surface area contributed by atoms with Crippen molar-refractivity contribution < 1.29 is 14.3 Å². The van der Waals surface area contributed by atoms with Gasteiger partial charge in [0.15, 0.2) is 0 Å². The molecule has 1 aliphatic rings. The van der Waals surface area contributed by atoms with Gasteiger partial charge in [0.05, 0.1) is 11.8 Å². The van der Waals surface area contributed by atoms with Crippen molar-refractivity contribution in [3.8, 4) is 5.69 Å². The van der Waals surface area contributed by atoms with Crippen molar-refractivity contribution >= 4 is 5.91 Å². The van der Waals surface area contributed by atoms with Gasteiger partial charge in [-0.25, -0.2) is 4.39 Å². The summed E-state index contributed by atoms with van der Waals surface area (Å²) in [5.41, 5.74) is 0.103. The minimum atomic E-state index is -0.418. The first-order valence-corrected chi connectivity index (χ1v) is 8.25. The van der Waals surface area contributed by atoms with Crippen LogP contribution in [0.25, 0.3) is 5.69 Å². The minimum Gasteiger partial charge on any atom is -0.393 e. The zero-order chi connectivity index (χ0) is 18.0. The maximum absolute atomic E-state index is 13.1. The molecular weight excluding hydrogens is 325 g/mol. The highest BCUT2D eigenvalue weighted by Gasteiger charge is 2.28. The highest BCUT2D eigenvalue weighted by atomic mass is 19.1. The molecule has 1 saturated carbocycles. The van der Waals surface area contributed by atoms with E-state index in [1.54, 1.807) is 7.05 Å². The summed E-state index contributed by atoms with van der Waals surface area (Å²) >= 11 is 0. The largest absolute Gasteiger partial charge is 0.393 e. The first-order chi connectivity index (χ1) is 12.0. The molecule has 1 N–H and O–H groups in total. The first kappa shape index (κ1) is 17.3. The normalized spacial score (nSPS) is 19.8. The van der Waals surface area contributed by atoms with Gasteiger partial charge in [-0.05, 0) is 43.2 Å². The number of benzene rings is 1. The molecule has 7 heteroatoms. The van der Waals surface area contributed by atoms with Crippen LogP contribution in [0.1, 0.15) is 29.8 Å². The summed E-state index contributed by atoms with van der Waals surface area (Å²) < 4.78 is 14.1. The summed E-state index contributed by atoms with van der Waals surface area (Å²) in [6.07, 6.45) is 2.24. The molecule has 0 saturated heterocycles. The van der Waals surface area contributed by atoms with Crippen LogP contribution in [0.15, 0.2) is 41.2 Å². The molecule has 1 fully saturated rings. The Morgan fingerprint density at radius 1 is 1.28 bits per heavy atom. The van der Waals surface area contributed by atoms with E-state index in [1.165, 1.54) is 41.3 Å². The molecule has 0 radical (unpaired) electrons. The highest BCUT2D eigenvalue weighted by Crippen LogP contribution is 2.26. The van der Waals surface area contributed by atoms with Crippen LogP contribution in [0.3, 0.4) is 0 Å². The van der Waals surface area contributed by atoms with Gasteiger partial charge in [-0.2, -0.15) is 9.78 Å². The highest BCUT2D eigenvalue weighted by molar-refractivity contribution is 5.91. The number of rotatable bonds is 4. The van der Waals surface area contributed by atoms with E-state index in [2.05, 4.69) is 5.10 Å². The van der Waals surface area contributed by atoms with Crippen LogP contribution >= 0.6 is 0 Å². The number of aliphatic hydroxyl groups excluding tert-OH is 1. The molecule has 2 unspecified atom stereocenters. The molecule has 1 aromatic heterocycles. The second kappa shape index (κ2) is 7.14. The molecule has 25 heavy (non-hydrogen) atoms. The Morgan fingerprint density at radius 2 is 2.00 bits per heavy atom. The second-order valence-electron chi connectivity index (χ2n) is 6.39. The van der Waals surface area contributed by atoms with E-state index in [-0.39, 0.29) is 23.6 Å². The third-order valence-corrected chi connectivity index (χ3v) is 4.56. The number of nitrogens with zero attached hydrogens (tertiary/aromatic N) is 3. The summed E-state index contributed by atoms with van der Waals surface area (Å²) in [5.74, 6) is -0.675. The predicted molar refractivity (Wildman–Crippen MR) is 90.1 cm³/mol. The predicted octanol–water partition coefficient (Wildman–Crippen LogP) is 1.60. The SMILES string of the molecule is CN(CC1CCCC1O)C(=O)c1ccc(=O)n(-c2ccc(F)cc2)n1. The van der Waals surface area contributed by atoms with Gasteiger partial charge >= 0.3 is 0 Å². The molecule has 1 aliphatic carbocycles. The lowest BCUT2D eigenvalue weighted by Gasteiger charge is -2.23. The number of aliphatic hydroxyl groups is 1. The lowest BCUT2D eigenvalue weighted by atomic mass is 10.1. The molecule has 0 aliphatic heterocycles. The number of amides is 1. The Bertz CT molecular complexity index is 819. The van der Waals surface area contributed by atoms with Gasteiger partial charge < -0.3 is 10.0 Å². The average molecular weight is 345 g/mol. The molecule has 1 aromatic carbocycles. The Morgan fingerprint density at radius 3 is 2.64 bits per heavy atom. The summed E-state index contributed by atoms with van der Waals surface area (Å²) in [4.78, 5) is 26.1. The summed E-state index contributed by atoms with van der Waals surface area (Å²) in [7, 11) is 1.66. The summed E-state index contributed by atoms with van der Waals surface area (Å²) in [5, 5.41) is 14.0. The van der Waals surface area contributed by atoms with Gasteiger partial charge in [0.2, 0.25) is 0 Å². The smallest absolute Gasteiger partial charge is 0.274 e. The van der Waals surface area contributed by atoms with Crippen molar-refractivity contribution in [1.82, 2.24) is 14.7 Å². The van der Waals surface area contributed by atoms with Crippen molar-refractivity contribution in [1.29, 1.82) is 0 Å². The van der Waals surface area contributed by atoms with Crippen LogP contribution in [0.5, 0.6) is 0 Å². The lowest BCUT2D eigenvalue weighted by Crippen LogP contribution is -2.36. The topological polar surface area (TPSA) is 75.4 Å². The Labute approximate surface area is 144 Å². The van der Waals surface area contributed by atoms with Crippen LogP contribution in [-0.4, -0.2) is 45.4 Å². The lowest BCUT2D eigenvalue weighted by molar-refractivity contribution is 0.0686. The quantitative estimate of drug-likeness (QED) is 0.913. The van der Waals surface area contributed by atoms with E-state index in [0.717, 1.165) is 23.9 Å². The second-order valence-corrected chi connectivity index (χ2v) is 6.39. The Balaban J connectivity index is 1.82. The Hall–Kier alpha value is -2.54. The molecule has 2 atom stereocenters. The molecule has 1 heterocycles. The van der Waals surface area contributed by atoms with Crippen molar-refractivity contribution in [2.75, 3.05) is 13.6 Å². The van der Waals surface area contributed by atoms with Gasteiger partial charge in [-0.15, -0.1) is 0 Å². The number of aromatic nitrogens is 2. The van der Waals surface area contributed by atoms with Crippen molar-refractivity contribution in [2.45, 2.75) is 25.4 Å². The maximum atomic E-state index is 13.1. The fourth-order valence-electron chi connectivity index (χ4n) is 3.15. The van der Waals surface area contributed by atoms with Crippen molar-refractivity contribution in [3.63, 3.8) is 0 Å². The molecule has 0 bridgehead atoms. The van der Waals surface area contributed by atoms with Gasteiger partial charge in [-0.3, -0.25) is 9.59 Å². The third-order valence-electron chi connectivity index (χ3n) is 4.56. The Kier molecular flexibility index (Phi) is 4.94. The van der Waals surface area contributed by atoms with E-state index >= 15 is 0 Å². The maximum Gasteiger partial charge on any atom is 0.274 e.